The van der Waals surface area contributed by atoms with Gasteiger partial charge in [-0.1, -0.05) is 42.1 Å². The number of thioether (sulfide) groups is 1. The predicted molar refractivity (Wildman–Crippen MR) is 162 cm³/mol. The van der Waals surface area contributed by atoms with Crippen molar-refractivity contribution in [2.75, 3.05) is 10.7 Å². The number of thiazole rings is 1. The van der Waals surface area contributed by atoms with Gasteiger partial charge in [-0.3, -0.25) is 14.4 Å². The van der Waals surface area contributed by atoms with Gasteiger partial charge >= 0.3 is 0 Å². The van der Waals surface area contributed by atoms with Crippen LogP contribution >= 0.6 is 86.8 Å². The number of fused-ring (bicyclic) bond motifs is 2. The molecule has 0 unspecified atom stereocenters. The standard InChI is InChI=1S/C25H15Br4N3O3S2/c1-11(12-5-3-2-4-6-12)30-16(33)10-36-25-31-14-8-7-13(9-15(14)37-25)32-23(34)17-18(24(32)35)20(27)22(29)21(28)19(17)26/h2-9,11H,10H2,1H3,(H,30,33)/t11-/m1/s1. The molecule has 1 aromatic heterocycles. The first-order valence-electron chi connectivity index (χ1n) is 10.8. The van der Waals surface area contributed by atoms with Crippen LogP contribution in [0.25, 0.3) is 10.2 Å². The molecule has 1 aliphatic heterocycles. The number of anilines is 1. The fourth-order valence-electron chi connectivity index (χ4n) is 3.91. The lowest BCUT2D eigenvalue weighted by atomic mass is 10.1. The second kappa shape index (κ2) is 10.9. The van der Waals surface area contributed by atoms with Gasteiger partial charge in [-0.05, 0) is 94.4 Å². The Kier molecular flexibility index (Phi) is 7.95. The lowest BCUT2D eigenvalue weighted by Gasteiger charge is -2.13. The molecule has 0 radical (unpaired) electrons. The summed E-state index contributed by atoms with van der Waals surface area (Å²) >= 11 is 16.6. The molecule has 0 saturated heterocycles. The summed E-state index contributed by atoms with van der Waals surface area (Å²) in [5, 5.41) is 3.00. The van der Waals surface area contributed by atoms with Crippen LogP contribution in [-0.4, -0.2) is 28.5 Å². The second-order valence-electron chi connectivity index (χ2n) is 8.07. The molecule has 5 rings (SSSR count). The van der Waals surface area contributed by atoms with Crippen molar-refractivity contribution in [1.82, 2.24) is 10.3 Å². The zero-order valence-corrected chi connectivity index (χ0v) is 26.8. The second-order valence-corrected chi connectivity index (χ2v) is 13.5. The quantitative estimate of drug-likeness (QED) is 0.0925. The van der Waals surface area contributed by atoms with E-state index in [0.29, 0.717) is 34.7 Å². The highest BCUT2D eigenvalue weighted by Gasteiger charge is 2.42. The van der Waals surface area contributed by atoms with Gasteiger partial charge in [-0.25, -0.2) is 9.88 Å². The van der Waals surface area contributed by atoms with Gasteiger partial charge in [-0.15, -0.1) is 11.3 Å². The Labute approximate surface area is 254 Å². The molecule has 0 bridgehead atoms. The molecule has 3 amide bonds. The van der Waals surface area contributed by atoms with Crippen LogP contribution < -0.4 is 10.2 Å². The van der Waals surface area contributed by atoms with Crippen LogP contribution in [0.2, 0.25) is 0 Å². The lowest BCUT2D eigenvalue weighted by Crippen LogP contribution is -2.29. The minimum absolute atomic E-state index is 0.0826. The number of hydrogen-bond acceptors (Lipinski definition) is 6. The van der Waals surface area contributed by atoms with E-state index in [1.807, 2.05) is 37.3 Å². The fourth-order valence-corrected chi connectivity index (χ4v) is 8.28. The van der Waals surface area contributed by atoms with Crippen LogP contribution in [0, 0.1) is 0 Å². The average Bonchev–Trinajstić information content (AvgIpc) is 3.42. The maximum atomic E-state index is 13.3. The Morgan fingerprint density at radius 1 is 0.973 bits per heavy atom. The summed E-state index contributed by atoms with van der Waals surface area (Å²) in [6.45, 7) is 1.95. The van der Waals surface area contributed by atoms with E-state index in [1.54, 1.807) is 18.2 Å². The number of nitrogens with zero attached hydrogens (tertiary/aromatic N) is 2. The largest absolute Gasteiger partial charge is 0.349 e. The highest BCUT2D eigenvalue weighted by Crippen LogP contribution is 2.46. The molecule has 6 nitrogen and oxygen atoms in total. The maximum Gasteiger partial charge on any atom is 0.267 e. The van der Waals surface area contributed by atoms with E-state index in [2.05, 4.69) is 74.0 Å². The van der Waals surface area contributed by atoms with Crippen molar-refractivity contribution in [3.63, 3.8) is 0 Å². The molecule has 12 heteroatoms. The predicted octanol–water partition coefficient (Wildman–Crippen LogP) is 8.12. The van der Waals surface area contributed by atoms with E-state index >= 15 is 0 Å². The first kappa shape index (κ1) is 27.0. The summed E-state index contributed by atoms with van der Waals surface area (Å²) in [5.41, 5.74) is 2.82. The highest BCUT2D eigenvalue weighted by atomic mass is 79.9. The van der Waals surface area contributed by atoms with Gasteiger partial charge in [-0.2, -0.15) is 0 Å². The molecule has 0 aliphatic carbocycles. The number of carbonyl (C=O) groups excluding carboxylic acids is 3. The first-order chi connectivity index (χ1) is 17.7. The number of amides is 3. The van der Waals surface area contributed by atoms with Crippen LogP contribution in [0.3, 0.4) is 0 Å². The van der Waals surface area contributed by atoms with Gasteiger partial charge in [0.05, 0.1) is 38.8 Å². The molecule has 4 aromatic rings. The molecular formula is C25H15Br4N3O3S2. The molecule has 0 saturated carbocycles. The Hall–Kier alpha value is -1.57. The van der Waals surface area contributed by atoms with E-state index in [9.17, 15) is 14.4 Å². The van der Waals surface area contributed by atoms with E-state index < -0.39 is 11.8 Å². The van der Waals surface area contributed by atoms with Crippen molar-refractivity contribution in [2.24, 2.45) is 0 Å². The van der Waals surface area contributed by atoms with Crippen LogP contribution in [-0.2, 0) is 4.79 Å². The van der Waals surface area contributed by atoms with Crippen molar-refractivity contribution < 1.29 is 14.4 Å². The normalized spacial score (nSPS) is 13.8. The smallest absolute Gasteiger partial charge is 0.267 e. The number of nitrogens with one attached hydrogen (secondary N) is 1. The van der Waals surface area contributed by atoms with Gasteiger partial charge in [0.15, 0.2) is 4.34 Å². The number of carbonyl (C=O) groups is 3. The summed E-state index contributed by atoms with van der Waals surface area (Å²) in [5.74, 6) is -0.679. The molecule has 0 fully saturated rings. The summed E-state index contributed by atoms with van der Waals surface area (Å²) < 4.78 is 3.85. The third-order valence-electron chi connectivity index (χ3n) is 5.72. The SMILES string of the molecule is C[C@@H](NC(=O)CSc1nc2ccc(N3C(=O)c4c(Br)c(Br)c(Br)c(Br)c4C3=O)cc2s1)c1ccccc1. The Morgan fingerprint density at radius 3 is 2.22 bits per heavy atom. The topological polar surface area (TPSA) is 79.4 Å². The molecule has 1 N–H and O–H groups in total. The van der Waals surface area contributed by atoms with Crippen molar-refractivity contribution in [1.29, 1.82) is 0 Å². The van der Waals surface area contributed by atoms with Gasteiger partial charge < -0.3 is 5.32 Å². The van der Waals surface area contributed by atoms with Crippen molar-refractivity contribution in [2.45, 2.75) is 17.3 Å². The Balaban J connectivity index is 1.33. The molecule has 1 atom stereocenters. The van der Waals surface area contributed by atoms with E-state index in [-0.39, 0.29) is 17.7 Å². The molecule has 188 valence electrons. The summed E-state index contributed by atoms with van der Waals surface area (Å²) in [7, 11) is 0. The van der Waals surface area contributed by atoms with E-state index in [0.717, 1.165) is 20.1 Å². The lowest BCUT2D eigenvalue weighted by molar-refractivity contribution is -0.119. The van der Waals surface area contributed by atoms with Crippen LogP contribution in [0.4, 0.5) is 5.69 Å². The zero-order chi connectivity index (χ0) is 26.4. The number of rotatable bonds is 6. The molecule has 0 spiro atoms. The fraction of sp³-hybridized carbons (Fsp3) is 0.120. The highest BCUT2D eigenvalue weighted by molar-refractivity contribution is 9.15. The monoisotopic (exact) mass is 785 g/mol. The average molecular weight is 789 g/mol. The van der Waals surface area contributed by atoms with E-state index in [1.165, 1.54) is 28.0 Å². The number of imide groups is 1. The minimum Gasteiger partial charge on any atom is -0.349 e. The first-order valence-corrected chi connectivity index (χ1v) is 15.8. The molecule has 1 aliphatic rings. The van der Waals surface area contributed by atoms with Gasteiger partial charge in [0.2, 0.25) is 5.91 Å². The molecule has 37 heavy (non-hydrogen) atoms. The Morgan fingerprint density at radius 2 is 1.59 bits per heavy atom. The summed E-state index contributed by atoms with van der Waals surface area (Å²) in [4.78, 5) is 44.9. The minimum atomic E-state index is -0.413. The zero-order valence-electron chi connectivity index (χ0n) is 18.9. The van der Waals surface area contributed by atoms with Crippen molar-refractivity contribution in [3.05, 3.63) is 83.1 Å². The number of benzene rings is 3. The van der Waals surface area contributed by atoms with Crippen molar-refractivity contribution in [3.8, 4) is 0 Å². The maximum absolute atomic E-state index is 13.3. The third kappa shape index (κ3) is 5.08. The van der Waals surface area contributed by atoms with Gasteiger partial charge in [0.1, 0.15) is 0 Å². The van der Waals surface area contributed by atoms with Gasteiger partial charge in [0.25, 0.3) is 11.8 Å². The summed E-state index contributed by atoms with van der Waals surface area (Å²) in [6.07, 6.45) is 0. The van der Waals surface area contributed by atoms with E-state index in [4.69, 9.17) is 0 Å². The number of aromatic nitrogens is 1. The number of halogens is 4. The van der Waals surface area contributed by atoms with Gasteiger partial charge in [0, 0.05) is 17.9 Å². The molecular weight excluding hydrogens is 774 g/mol. The van der Waals surface area contributed by atoms with Crippen LogP contribution in [0.5, 0.6) is 0 Å². The Bertz CT molecular complexity index is 1550. The number of hydrogen-bond donors (Lipinski definition) is 1. The summed E-state index contributed by atoms with van der Waals surface area (Å²) in [6, 6.07) is 15.0. The molecule has 3 aromatic carbocycles. The molecule has 2 heterocycles. The van der Waals surface area contributed by atoms with Crippen LogP contribution in [0.1, 0.15) is 39.2 Å². The van der Waals surface area contributed by atoms with Crippen LogP contribution in [0.15, 0.2) is 70.8 Å². The van der Waals surface area contributed by atoms with Crippen molar-refractivity contribution >= 4 is 120 Å². The third-order valence-corrected chi connectivity index (χ3v) is 12.6.